The molecule has 0 saturated heterocycles. The van der Waals surface area contributed by atoms with Crippen molar-refractivity contribution in [2.24, 2.45) is 11.7 Å². The highest BCUT2D eigenvalue weighted by Gasteiger charge is 2.39. The first-order chi connectivity index (χ1) is 5.01. The zero-order chi connectivity index (χ0) is 8.48. The number of halogens is 4. The van der Waals surface area contributed by atoms with Crippen LogP contribution < -0.4 is 5.73 Å². The highest BCUT2D eigenvalue weighted by Crippen LogP contribution is 2.44. The Hall–Kier alpha value is 0.390. The second-order valence-corrected chi connectivity index (χ2v) is 4.12. The molecule has 0 unspecified atom stereocenters. The van der Waals surface area contributed by atoms with Gasteiger partial charge in [-0.15, -0.1) is 12.4 Å². The molecule has 0 aromatic rings. The van der Waals surface area contributed by atoms with Crippen molar-refractivity contribution in [3.05, 3.63) is 0 Å². The Balaban J connectivity index is 0.00000121. The lowest BCUT2D eigenvalue weighted by Gasteiger charge is -2.34. The minimum Gasteiger partial charge on any atom is -0.330 e. The molecule has 1 rings (SSSR count). The van der Waals surface area contributed by atoms with E-state index >= 15 is 0 Å². The molecule has 0 atom stereocenters. The van der Waals surface area contributed by atoms with E-state index in [4.69, 9.17) is 5.73 Å². The van der Waals surface area contributed by atoms with Gasteiger partial charge in [0.05, 0.1) is 0 Å². The quantitative estimate of drug-likeness (QED) is 0.775. The summed E-state index contributed by atoms with van der Waals surface area (Å²) in [4.78, 5) is 0. The number of nitrogens with two attached hydrogens (primary N) is 1. The summed E-state index contributed by atoms with van der Waals surface area (Å²) >= 11 is 0.107. The monoisotopic (exact) mass is 221 g/mol. The third-order valence-electron chi connectivity index (χ3n) is 1.83. The van der Waals surface area contributed by atoms with Gasteiger partial charge in [0.2, 0.25) is 0 Å². The lowest BCUT2D eigenvalue weighted by molar-refractivity contribution is -0.0342. The molecule has 2 N–H and O–H groups in total. The van der Waals surface area contributed by atoms with E-state index in [1.807, 2.05) is 0 Å². The van der Waals surface area contributed by atoms with E-state index < -0.39 is 5.51 Å². The van der Waals surface area contributed by atoms with Crippen molar-refractivity contribution in [3.63, 3.8) is 0 Å². The van der Waals surface area contributed by atoms with Crippen LogP contribution in [0.4, 0.5) is 13.2 Å². The Morgan fingerprint density at radius 1 is 1.33 bits per heavy atom. The van der Waals surface area contributed by atoms with Gasteiger partial charge in [-0.3, -0.25) is 0 Å². The Morgan fingerprint density at radius 2 is 1.83 bits per heavy atom. The van der Waals surface area contributed by atoms with Crippen molar-refractivity contribution < 1.29 is 13.2 Å². The molecular weight excluding hydrogens is 211 g/mol. The van der Waals surface area contributed by atoms with Crippen molar-refractivity contribution in [3.8, 4) is 0 Å². The fraction of sp³-hybridized carbons (Fsp3) is 1.00. The molecule has 12 heavy (non-hydrogen) atoms. The van der Waals surface area contributed by atoms with E-state index in [1.54, 1.807) is 0 Å². The normalized spacial score (nSPS) is 29.0. The van der Waals surface area contributed by atoms with E-state index in [0.29, 0.717) is 25.3 Å². The Labute approximate surface area is 79.7 Å². The lowest BCUT2D eigenvalue weighted by atomic mass is 9.85. The Bertz CT molecular complexity index is 135. The molecule has 0 aromatic heterocycles. The molecule has 0 heterocycles. The minimum atomic E-state index is -4.07. The SMILES string of the molecule is Cl.NCC1CC(SC(F)(F)F)C1. The first-order valence-corrected chi connectivity index (χ1v) is 4.34. The summed E-state index contributed by atoms with van der Waals surface area (Å²) in [7, 11) is 0. The molecule has 0 aromatic carbocycles. The van der Waals surface area contributed by atoms with Crippen molar-refractivity contribution in [1.29, 1.82) is 0 Å². The van der Waals surface area contributed by atoms with E-state index in [2.05, 4.69) is 0 Å². The molecule has 1 aliphatic carbocycles. The molecule has 0 bridgehead atoms. The first kappa shape index (κ1) is 12.4. The van der Waals surface area contributed by atoms with Crippen LogP contribution in [0.15, 0.2) is 0 Å². The second-order valence-electron chi connectivity index (χ2n) is 2.76. The Morgan fingerprint density at radius 3 is 2.17 bits per heavy atom. The third kappa shape index (κ3) is 3.87. The summed E-state index contributed by atoms with van der Waals surface area (Å²) in [5.41, 5.74) is 1.20. The summed E-state index contributed by atoms with van der Waals surface area (Å²) in [6, 6.07) is 0. The minimum absolute atomic E-state index is 0. The maximum atomic E-state index is 11.7. The number of thioether (sulfide) groups is 1. The maximum Gasteiger partial charge on any atom is 0.442 e. The highest BCUT2D eigenvalue weighted by atomic mass is 35.5. The van der Waals surface area contributed by atoms with Crippen LogP contribution in [-0.2, 0) is 0 Å². The van der Waals surface area contributed by atoms with Crippen molar-refractivity contribution in [2.45, 2.75) is 23.6 Å². The standard InChI is InChI=1S/C6H10F3NS.ClH/c7-6(8,9)11-5-1-4(2-5)3-10;/h4-5H,1-3,10H2;1H. The van der Waals surface area contributed by atoms with Crippen LogP contribution in [0.2, 0.25) is 0 Å². The molecule has 6 heteroatoms. The molecule has 1 saturated carbocycles. The molecule has 1 nitrogen and oxygen atoms in total. The van der Waals surface area contributed by atoms with Crippen molar-refractivity contribution in [2.75, 3.05) is 6.54 Å². The topological polar surface area (TPSA) is 26.0 Å². The first-order valence-electron chi connectivity index (χ1n) is 3.46. The summed E-state index contributed by atoms with van der Waals surface area (Å²) in [6.45, 7) is 0.523. The van der Waals surface area contributed by atoms with E-state index in [-0.39, 0.29) is 29.4 Å². The summed E-state index contributed by atoms with van der Waals surface area (Å²) in [5, 5.41) is -0.233. The number of hydrogen-bond acceptors (Lipinski definition) is 2. The predicted octanol–water partition coefficient (Wildman–Crippen LogP) is 2.40. The molecule has 0 spiro atoms. The van der Waals surface area contributed by atoms with Gasteiger partial charge in [-0.05, 0) is 37.1 Å². The average Bonchev–Trinajstić information content (AvgIpc) is 1.75. The van der Waals surface area contributed by atoms with Gasteiger partial charge >= 0.3 is 5.51 Å². The van der Waals surface area contributed by atoms with Crippen LogP contribution in [-0.4, -0.2) is 17.3 Å². The molecule has 0 radical (unpaired) electrons. The van der Waals surface area contributed by atoms with Gasteiger partial charge in [-0.2, -0.15) is 13.2 Å². The zero-order valence-electron chi connectivity index (χ0n) is 6.30. The predicted molar refractivity (Wildman–Crippen MR) is 46.5 cm³/mol. The fourth-order valence-corrected chi connectivity index (χ4v) is 2.27. The third-order valence-corrected chi connectivity index (χ3v) is 2.81. The van der Waals surface area contributed by atoms with Crippen LogP contribution >= 0.6 is 24.2 Å². The van der Waals surface area contributed by atoms with Gasteiger partial charge in [0.1, 0.15) is 0 Å². The molecule has 0 aliphatic heterocycles. The van der Waals surface area contributed by atoms with E-state index in [0.717, 1.165) is 0 Å². The number of alkyl halides is 3. The van der Waals surface area contributed by atoms with Gasteiger partial charge in [-0.1, -0.05) is 0 Å². The summed E-state index contributed by atoms with van der Waals surface area (Å²) in [5.74, 6) is 0.329. The summed E-state index contributed by atoms with van der Waals surface area (Å²) in [6.07, 6.45) is 1.25. The Kier molecular flexibility index (Phi) is 4.73. The smallest absolute Gasteiger partial charge is 0.330 e. The van der Waals surface area contributed by atoms with Crippen LogP contribution in [0, 0.1) is 5.92 Å². The van der Waals surface area contributed by atoms with E-state index in [9.17, 15) is 13.2 Å². The molecule has 1 fully saturated rings. The molecular formula is C6H11ClF3NS. The van der Waals surface area contributed by atoms with Gasteiger partial charge in [0.15, 0.2) is 0 Å². The maximum absolute atomic E-state index is 11.7. The van der Waals surface area contributed by atoms with Crippen molar-refractivity contribution in [1.82, 2.24) is 0 Å². The van der Waals surface area contributed by atoms with Crippen LogP contribution in [0.25, 0.3) is 0 Å². The number of hydrogen-bond donors (Lipinski definition) is 1. The number of rotatable bonds is 2. The molecule has 74 valence electrons. The second kappa shape index (κ2) is 4.58. The largest absolute Gasteiger partial charge is 0.442 e. The van der Waals surface area contributed by atoms with Gasteiger partial charge in [-0.25, -0.2) is 0 Å². The average molecular weight is 222 g/mol. The fourth-order valence-electron chi connectivity index (χ4n) is 1.15. The van der Waals surface area contributed by atoms with Crippen LogP contribution in [0.1, 0.15) is 12.8 Å². The van der Waals surface area contributed by atoms with Gasteiger partial charge in [0.25, 0.3) is 0 Å². The zero-order valence-corrected chi connectivity index (χ0v) is 7.94. The molecule has 1 aliphatic rings. The highest BCUT2D eigenvalue weighted by molar-refractivity contribution is 8.00. The van der Waals surface area contributed by atoms with Crippen molar-refractivity contribution >= 4 is 24.2 Å². The van der Waals surface area contributed by atoms with E-state index in [1.165, 1.54) is 0 Å². The summed E-state index contributed by atoms with van der Waals surface area (Å²) < 4.78 is 35.1. The van der Waals surface area contributed by atoms with Gasteiger partial charge in [0, 0.05) is 5.25 Å². The van der Waals surface area contributed by atoms with Gasteiger partial charge < -0.3 is 5.73 Å². The lowest BCUT2D eigenvalue weighted by Crippen LogP contribution is -2.33. The van der Waals surface area contributed by atoms with Crippen LogP contribution in [0.3, 0.4) is 0 Å². The molecule has 0 amide bonds. The van der Waals surface area contributed by atoms with Crippen LogP contribution in [0.5, 0.6) is 0 Å².